The van der Waals surface area contributed by atoms with Crippen LogP contribution < -0.4 is 21.3 Å². The van der Waals surface area contributed by atoms with Crippen LogP contribution in [-0.4, -0.2) is 102 Å². The number of carbonyl (C=O) groups is 7. The van der Waals surface area contributed by atoms with Crippen molar-refractivity contribution in [1.82, 2.24) is 31.1 Å². The number of carbonyl (C=O) groups excluding carboxylic acids is 7. The van der Waals surface area contributed by atoms with Crippen molar-refractivity contribution in [3.63, 3.8) is 0 Å². The van der Waals surface area contributed by atoms with Crippen LogP contribution in [0.25, 0.3) is 0 Å². The molecular formula is C37H58N6O8. The summed E-state index contributed by atoms with van der Waals surface area (Å²) in [5.74, 6) is -4.31. The highest BCUT2D eigenvalue weighted by atomic mass is 16.6. The van der Waals surface area contributed by atoms with E-state index in [1.54, 1.807) is 86.0 Å². The van der Waals surface area contributed by atoms with Gasteiger partial charge in [-0.05, 0) is 55.9 Å². The summed E-state index contributed by atoms with van der Waals surface area (Å²) < 4.78 is 5.41. The summed E-state index contributed by atoms with van der Waals surface area (Å²) in [5, 5.41) is 10.3. The lowest BCUT2D eigenvalue weighted by atomic mass is 9.85. The van der Waals surface area contributed by atoms with Crippen molar-refractivity contribution >= 4 is 41.4 Å². The zero-order valence-electron chi connectivity index (χ0n) is 32.3. The highest BCUT2D eigenvalue weighted by molar-refractivity contribution is 6.38. The smallest absolute Gasteiger partial charge is 0.408 e. The Balaban J connectivity index is 2.22. The van der Waals surface area contributed by atoms with Crippen molar-refractivity contribution in [3.8, 4) is 0 Å². The minimum absolute atomic E-state index is 0.111. The number of ketones is 1. The lowest BCUT2D eigenvalue weighted by Crippen LogP contribution is -2.59. The van der Waals surface area contributed by atoms with Gasteiger partial charge in [0.1, 0.15) is 23.7 Å². The van der Waals surface area contributed by atoms with E-state index in [4.69, 9.17) is 4.74 Å². The maximum Gasteiger partial charge on any atom is 0.408 e. The molecule has 0 spiro atoms. The minimum Gasteiger partial charge on any atom is -0.444 e. The Labute approximate surface area is 302 Å². The summed E-state index contributed by atoms with van der Waals surface area (Å²) in [6, 6.07) is 4.34. The Kier molecular flexibility index (Phi) is 14.3. The molecule has 4 N–H and O–H groups in total. The Morgan fingerprint density at radius 2 is 1.51 bits per heavy atom. The highest BCUT2D eigenvalue weighted by Gasteiger charge is 2.48. The Morgan fingerprint density at radius 1 is 0.922 bits per heavy atom. The number of rotatable bonds is 13. The second-order valence-corrected chi connectivity index (χ2v) is 16.7. The average Bonchev–Trinajstić information content (AvgIpc) is 3.34. The van der Waals surface area contributed by atoms with E-state index in [1.165, 1.54) is 9.80 Å². The molecule has 0 aromatic heterocycles. The molecule has 0 aliphatic carbocycles. The molecule has 1 aromatic carbocycles. The second-order valence-electron chi connectivity index (χ2n) is 16.7. The second kappa shape index (κ2) is 17.1. The third-order valence-corrected chi connectivity index (χ3v) is 8.18. The summed E-state index contributed by atoms with van der Waals surface area (Å²) >= 11 is 0. The fourth-order valence-corrected chi connectivity index (χ4v) is 5.76. The zero-order valence-corrected chi connectivity index (χ0v) is 32.3. The first-order valence-electron chi connectivity index (χ1n) is 17.3. The molecule has 1 heterocycles. The maximum absolute atomic E-state index is 14.1. The monoisotopic (exact) mass is 714 g/mol. The first-order chi connectivity index (χ1) is 23.3. The number of likely N-dealkylation sites (N-methyl/N-ethyl adjacent to an activating group) is 1. The van der Waals surface area contributed by atoms with E-state index in [-0.39, 0.29) is 31.2 Å². The normalized spacial score (nSPS) is 17.4. The first-order valence-corrected chi connectivity index (χ1v) is 17.3. The van der Waals surface area contributed by atoms with Gasteiger partial charge in [0.05, 0.1) is 12.6 Å². The number of benzene rings is 1. The fourth-order valence-electron chi connectivity index (χ4n) is 5.76. The lowest BCUT2D eigenvalue weighted by Gasteiger charge is -2.36. The molecule has 0 bridgehead atoms. The van der Waals surface area contributed by atoms with Gasteiger partial charge in [-0.15, -0.1) is 0 Å². The van der Waals surface area contributed by atoms with Crippen LogP contribution in [-0.2, 0) is 33.5 Å². The van der Waals surface area contributed by atoms with Crippen molar-refractivity contribution in [2.24, 2.45) is 16.7 Å². The molecule has 1 saturated heterocycles. The van der Waals surface area contributed by atoms with Gasteiger partial charge < -0.3 is 35.8 Å². The standard InChI is InChI=1S/C37H58N6O8/c1-22(2)18-24(28(45)31(47)38-20-26(44)40-27(32(48)42(11)12)23-16-14-13-15-17-23)39-30(46)25-19-37(9,10)21-43(25)33(49)29(35(3,4)5)41-34(50)51-36(6,7)8/h13-17,22,24-25,27,29H,18-21H2,1-12H3,(H,38,47)(H,39,46)(H,40,44)(H,41,50)/t24?,25-,27?,29+/m0/s1. The minimum atomic E-state index is -1.24. The molecule has 1 aliphatic rings. The molecule has 2 unspecified atom stereocenters. The SMILES string of the molecule is CC(C)CC(NC(=O)[C@@H]1CC(C)(C)CN1C(=O)[C@@H](NC(=O)OC(C)(C)C)C(C)(C)C)C(=O)C(=O)NCC(=O)NC(C(=O)N(C)C)c1ccccc1. The summed E-state index contributed by atoms with van der Waals surface area (Å²) in [6.45, 7) is 17.6. The molecular weight excluding hydrogens is 656 g/mol. The van der Waals surface area contributed by atoms with E-state index < -0.39 is 82.6 Å². The highest BCUT2D eigenvalue weighted by Crippen LogP contribution is 2.36. The van der Waals surface area contributed by atoms with Gasteiger partial charge in [0.2, 0.25) is 29.4 Å². The number of Topliss-reactive ketones (excluding diaryl/α,β-unsaturated/α-hetero) is 1. The van der Waals surface area contributed by atoms with Crippen LogP contribution in [0.3, 0.4) is 0 Å². The number of hydrogen-bond donors (Lipinski definition) is 4. The predicted octanol–water partition coefficient (Wildman–Crippen LogP) is 2.71. The van der Waals surface area contributed by atoms with Gasteiger partial charge in [-0.3, -0.25) is 28.8 Å². The number of amides is 6. The topological polar surface area (TPSA) is 183 Å². The van der Waals surface area contributed by atoms with E-state index in [0.717, 1.165) is 0 Å². The van der Waals surface area contributed by atoms with E-state index in [2.05, 4.69) is 21.3 Å². The van der Waals surface area contributed by atoms with Crippen molar-refractivity contribution in [2.75, 3.05) is 27.2 Å². The van der Waals surface area contributed by atoms with Crippen LogP contribution in [0.1, 0.15) is 93.7 Å². The molecule has 51 heavy (non-hydrogen) atoms. The fraction of sp³-hybridized carbons (Fsp3) is 0.649. The summed E-state index contributed by atoms with van der Waals surface area (Å²) in [4.78, 5) is 95.6. The van der Waals surface area contributed by atoms with Crippen LogP contribution in [0.4, 0.5) is 4.79 Å². The molecule has 0 radical (unpaired) electrons. The molecule has 1 fully saturated rings. The quantitative estimate of drug-likeness (QED) is 0.225. The summed E-state index contributed by atoms with van der Waals surface area (Å²) in [5.41, 5.74) is -1.47. The van der Waals surface area contributed by atoms with Crippen molar-refractivity contribution < 1.29 is 38.3 Å². The number of likely N-dealkylation sites (tertiary alicyclic amines) is 1. The number of hydrogen-bond acceptors (Lipinski definition) is 8. The molecule has 0 saturated carbocycles. The van der Waals surface area contributed by atoms with Crippen LogP contribution in [0.2, 0.25) is 0 Å². The third kappa shape index (κ3) is 13.0. The van der Waals surface area contributed by atoms with Crippen LogP contribution >= 0.6 is 0 Å². The van der Waals surface area contributed by atoms with Crippen molar-refractivity contribution in [2.45, 2.75) is 112 Å². The zero-order chi connectivity index (χ0) is 39.1. The average molecular weight is 715 g/mol. The Morgan fingerprint density at radius 3 is 2.02 bits per heavy atom. The van der Waals surface area contributed by atoms with Crippen LogP contribution in [0.15, 0.2) is 30.3 Å². The number of alkyl carbamates (subject to hydrolysis) is 1. The van der Waals surface area contributed by atoms with Gasteiger partial charge in [-0.25, -0.2) is 4.79 Å². The maximum atomic E-state index is 14.1. The van der Waals surface area contributed by atoms with Gasteiger partial charge in [0.15, 0.2) is 0 Å². The van der Waals surface area contributed by atoms with E-state index in [9.17, 15) is 33.6 Å². The van der Waals surface area contributed by atoms with Gasteiger partial charge in [-0.1, -0.05) is 78.8 Å². The lowest BCUT2D eigenvalue weighted by molar-refractivity contribution is -0.144. The Bertz CT molecular complexity index is 1440. The number of nitrogens with zero attached hydrogens (tertiary/aromatic N) is 2. The molecule has 1 aromatic rings. The molecule has 6 amide bonds. The summed E-state index contributed by atoms with van der Waals surface area (Å²) in [6.07, 6.45) is -0.374. The molecule has 284 valence electrons. The molecule has 4 atom stereocenters. The Hall–Kier alpha value is -4.49. The molecule has 2 rings (SSSR count). The van der Waals surface area contributed by atoms with E-state index in [0.29, 0.717) is 5.56 Å². The van der Waals surface area contributed by atoms with Gasteiger partial charge in [-0.2, -0.15) is 0 Å². The summed E-state index contributed by atoms with van der Waals surface area (Å²) in [7, 11) is 3.11. The predicted molar refractivity (Wildman–Crippen MR) is 192 cm³/mol. The van der Waals surface area contributed by atoms with Gasteiger partial charge in [0.25, 0.3) is 5.91 Å². The van der Waals surface area contributed by atoms with Crippen molar-refractivity contribution in [3.05, 3.63) is 35.9 Å². The van der Waals surface area contributed by atoms with Crippen molar-refractivity contribution in [1.29, 1.82) is 0 Å². The molecule has 1 aliphatic heterocycles. The van der Waals surface area contributed by atoms with Gasteiger partial charge in [0, 0.05) is 20.6 Å². The third-order valence-electron chi connectivity index (χ3n) is 8.18. The first kappa shape index (κ1) is 42.7. The number of nitrogens with one attached hydrogen (secondary N) is 4. The number of ether oxygens (including phenoxy) is 1. The van der Waals surface area contributed by atoms with Gasteiger partial charge >= 0.3 is 6.09 Å². The largest absolute Gasteiger partial charge is 0.444 e. The van der Waals surface area contributed by atoms with Crippen LogP contribution in [0, 0.1) is 16.7 Å². The molecule has 14 nitrogen and oxygen atoms in total. The van der Waals surface area contributed by atoms with Crippen LogP contribution in [0.5, 0.6) is 0 Å². The van der Waals surface area contributed by atoms with E-state index >= 15 is 0 Å². The van der Waals surface area contributed by atoms with E-state index in [1.807, 2.05) is 27.7 Å². The molecule has 14 heteroatoms.